The summed E-state index contributed by atoms with van der Waals surface area (Å²) in [7, 11) is 49.2. The third-order valence-corrected chi connectivity index (χ3v) is 14.1. The molecular weight excluding hydrogens is 784 g/mol. The molecule has 3 aromatic heterocycles. The molecule has 14 radical (unpaired) electrons. The number of benzene rings is 9. The third-order valence-electron chi connectivity index (χ3n) is 12.9. The van der Waals surface area contributed by atoms with Gasteiger partial charge in [0.15, 0.2) is 0 Å². The average Bonchev–Trinajstić information content (AvgIpc) is 4.01. The van der Waals surface area contributed by atoms with Crippen LogP contribution in [0.15, 0.2) is 164 Å². The standard InChI is InChI=1S/C54H27B7N2S/c55-46-41(47(56)51(60)53-44(46)45-48(57)49(58)50(59)52(61)54(45)63(53)35-20-9-7-17-31(35)28-13-3-1-4-14-28)30-25-26-36-34(27-30)42-32(29-15-5-2-6-16-29)19-11-21-37(42)62(36)38-22-12-24-40-43(38)33-18-8-10-23-39(33)64-40/h1-27H. The Morgan fingerprint density at radius 2 is 0.906 bits per heavy atom. The highest BCUT2D eigenvalue weighted by atomic mass is 32.1. The summed E-state index contributed by atoms with van der Waals surface area (Å²) in [5, 5.41) is 5.70. The molecule has 3 heterocycles. The van der Waals surface area contributed by atoms with Gasteiger partial charge in [-0.1, -0.05) is 149 Å². The summed E-state index contributed by atoms with van der Waals surface area (Å²) >= 11 is 1.81. The molecule has 0 aliphatic rings. The Balaban J connectivity index is 1.19. The van der Waals surface area contributed by atoms with Gasteiger partial charge in [0.2, 0.25) is 0 Å². The van der Waals surface area contributed by atoms with E-state index in [-0.39, 0.29) is 21.9 Å². The van der Waals surface area contributed by atoms with Crippen molar-refractivity contribution in [3.05, 3.63) is 164 Å². The van der Waals surface area contributed by atoms with E-state index in [0.29, 0.717) is 43.8 Å². The van der Waals surface area contributed by atoms with E-state index in [1.54, 1.807) is 11.3 Å². The second-order valence-electron chi connectivity index (χ2n) is 16.3. The van der Waals surface area contributed by atoms with E-state index >= 15 is 0 Å². The van der Waals surface area contributed by atoms with Gasteiger partial charge in [0.1, 0.15) is 54.9 Å². The van der Waals surface area contributed by atoms with Gasteiger partial charge in [0.25, 0.3) is 0 Å². The second kappa shape index (κ2) is 14.7. The molecule has 0 unspecified atom stereocenters. The van der Waals surface area contributed by atoms with E-state index in [1.807, 2.05) is 47.0 Å². The van der Waals surface area contributed by atoms with Crippen molar-refractivity contribution in [3.8, 4) is 44.8 Å². The van der Waals surface area contributed by atoms with Gasteiger partial charge in [-0.25, -0.2) is 0 Å². The van der Waals surface area contributed by atoms with Crippen molar-refractivity contribution < 1.29 is 0 Å². The van der Waals surface area contributed by atoms with Gasteiger partial charge in [0.05, 0.1) is 22.4 Å². The fourth-order valence-electron chi connectivity index (χ4n) is 10.1. The van der Waals surface area contributed by atoms with Crippen LogP contribution in [0.3, 0.4) is 0 Å². The fourth-order valence-corrected chi connectivity index (χ4v) is 11.2. The molecule has 12 aromatic rings. The van der Waals surface area contributed by atoms with E-state index in [1.165, 1.54) is 20.2 Å². The Morgan fingerprint density at radius 1 is 0.328 bits per heavy atom. The van der Waals surface area contributed by atoms with Crippen LogP contribution in [0.25, 0.3) is 109 Å². The van der Waals surface area contributed by atoms with Crippen molar-refractivity contribution in [2.45, 2.75) is 0 Å². The average molecular weight is 812 g/mol. The Kier molecular flexibility index (Phi) is 8.91. The summed E-state index contributed by atoms with van der Waals surface area (Å²) in [6.45, 7) is 0. The molecule has 12 rings (SSSR count). The van der Waals surface area contributed by atoms with Crippen LogP contribution in [0.1, 0.15) is 0 Å². The minimum Gasteiger partial charge on any atom is -0.310 e. The monoisotopic (exact) mass is 812 g/mol. The number of rotatable bonds is 5. The zero-order chi connectivity index (χ0) is 43.5. The van der Waals surface area contributed by atoms with Gasteiger partial charge < -0.3 is 9.13 Å². The normalized spacial score (nSPS) is 11.9. The molecule has 0 spiro atoms. The quantitative estimate of drug-likeness (QED) is 0.169. The minimum absolute atomic E-state index is 0.174. The van der Waals surface area contributed by atoms with Crippen LogP contribution < -0.4 is 38.2 Å². The van der Waals surface area contributed by atoms with Crippen LogP contribution in [-0.2, 0) is 0 Å². The Bertz CT molecular complexity index is 3930. The van der Waals surface area contributed by atoms with Crippen LogP contribution in [0.5, 0.6) is 0 Å². The zero-order valence-corrected chi connectivity index (χ0v) is 35.2. The van der Waals surface area contributed by atoms with Gasteiger partial charge in [-0.15, -0.1) is 22.3 Å². The number of thiophene rings is 1. The topological polar surface area (TPSA) is 9.86 Å². The summed E-state index contributed by atoms with van der Waals surface area (Å²) < 4.78 is 6.84. The van der Waals surface area contributed by atoms with Gasteiger partial charge >= 0.3 is 0 Å². The van der Waals surface area contributed by atoms with E-state index in [2.05, 4.69) is 126 Å². The van der Waals surface area contributed by atoms with Gasteiger partial charge in [-0.3, -0.25) is 0 Å². The predicted molar refractivity (Wildman–Crippen MR) is 282 cm³/mol. The molecule has 0 amide bonds. The predicted octanol–water partition coefficient (Wildman–Crippen LogP) is 6.81. The molecule has 2 nitrogen and oxygen atoms in total. The van der Waals surface area contributed by atoms with Gasteiger partial charge in [-0.2, -0.15) is 0 Å². The lowest BCUT2D eigenvalue weighted by atomic mass is 9.64. The van der Waals surface area contributed by atoms with Crippen LogP contribution in [0.2, 0.25) is 0 Å². The van der Waals surface area contributed by atoms with Crippen molar-refractivity contribution in [2.24, 2.45) is 0 Å². The molecule has 0 aliphatic carbocycles. The summed E-state index contributed by atoms with van der Waals surface area (Å²) in [4.78, 5) is 0. The molecule has 280 valence electrons. The number of fused-ring (bicyclic) bond motifs is 9. The number of para-hydroxylation sites is 1. The third kappa shape index (κ3) is 5.48. The van der Waals surface area contributed by atoms with E-state index in [0.717, 1.165) is 61.0 Å². The van der Waals surface area contributed by atoms with E-state index in [4.69, 9.17) is 54.9 Å². The number of hydrogen-bond acceptors (Lipinski definition) is 1. The molecule has 0 bridgehead atoms. The summed E-state index contributed by atoms with van der Waals surface area (Å²) in [6.07, 6.45) is 0. The first-order valence-corrected chi connectivity index (χ1v) is 21.8. The fraction of sp³-hybridized carbons (Fsp3) is 0. The number of aromatic nitrogens is 2. The maximum Gasteiger partial charge on any atom is 0.115 e. The first-order valence-electron chi connectivity index (χ1n) is 21.0. The first-order chi connectivity index (χ1) is 31.2. The smallest absolute Gasteiger partial charge is 0.115 e. The van der Waals surface area contributed by atoms with E-state index in [9.17, 15) is 0 Å². The SMILES string of the molecule is [B]c1c([B])c([B])c2c(c1[B])c1c([B])c(-c3ccc4c(c3)c3c(-c5ccccc5)cccc3n4-c3cccc4sc5ccccc5c34)c([B])c([B])c1n2-c1ccccc1-c1ccccc1. The summed E-state index contributed by atoms with van der Waals surface area (Å²) in [6, 6.07) is 56.7. The van der Waals surface area contributed by atoms with Crippen molar-refractivity contribution in [3.63, 3.8) is 0 Å². The molecule has 0 aliphatic heterocycles. The maximum atomic E-state index is 7.49. The molecule has 0 atom stereocenters. The lowest BCUT2D eigenvalue weighted by Crippen LogP contribution is -2.48. The Morgan fingerprint density at radius 3 is 1.67 bits per heavy atom. The Hall–Kier alpha value is -6.75. The lowest BCUT2D eigenvalue weighted by molar-refractivity contribution is 1.19. The van der Waals surface area contributed by atoms with Crippen LogP contribution in [-0.4, -0.2) is 64.1 Å². The van der Waals surface area contributed by atoms with Crippen molar-refractivity contribution in [2.75, 3.05) is 0 Å². The largest absolute Gasteiger partial charge is 0.310 e. The van der Waals surface area contributed by atoms with Crippen molar-refractivity contribution in [1.82, 2.24) is 9.13 Å². The van der Waals surface area contributed by atoms with E-state index < -0.39 is 0 Å². The molecule has 0 fully saturated rings. The molecule has 0 saturated carbocycles. The van der Waals surface area contributed by atoms with Crippen LogP contribution in [0, 0.1) is 0 Å². The first kappa shape index (κ1) is 38.9. The highest BCUT2D eigenvalue weighted by Gasteiger charge is 2.26. The molecule has 64 heavy (non-hydrogen) atoms. The summed E-state index contributed by atoms with van der Waals surface area (Å²) in [5.74, 6) is 0. The summed E-state index contributed by atoms with van der Waals surface area (Å²) in [5.41, 5.74) is 12.5. The maximum absolute atomic E-state index is 7.49. The number of hydrogen-bond donors (Lipinski definition) is 0. The number of nitrogens with zero attached hydrogens (tertiary/aromatic N) is 2. The lowest BCUT2D eigenvalue weighted by Gasteiger charge is -2.20. The molecule has 0 saturated heterocycles. The highest BCUT2D eigenvalue weighted by molar-refractivity contribution is 7.25. The molecule has 0 N–H and O–H groups in total. The minimum atomic E-state index is 0.174. The van der Waals surface area contributed by atoms with Crippen molar-refractivity contribution >= 4 is 168 Å². The molecule has 10 heteroatoms. The highest BCUT2D eigenvalue weighted by Crippen LogP contribution is 2.44. The Labute approximate surface area is 383 Å². The second-order valence-corrected chi connectivity index (χ2v) is 17.4. The van der Waals surface area contributed by atoms with Crippen LogP contribution >= 0.6 is 11.3 Å². The van der Waals surface area contributed by atoms with Crippen LogP contribution in [0.4, 0.5) is 0 Å². The van der Waals surface area contributed by atoms with Crippen molar-refractivity contribution in [1.29, 1.82) is 0 Å². The van der Waals surface area contributed by atoms with Gasteiger partial charge in [0, 0.05) is 52.9 Å². The molecular formula is C54H27B7N2S. The van der Waals surface area contributed by atoms with Gasteiger partial charge in [-0.05, 0) is 75.7 Å². The molecule has 9 aromatic carbocycles. The zero-order valence-electron chi connectivity index (χ0n) is 34.4.